The average Bonchev–Trinajstić information content (AvgIpc) is 3.49. The van der Waals surface area contributed by atoms with E-state index in [2.05, 4.69) is 6.07 Å². The van der Waals surface area contributed by atoms with Crippen LogP contribution in [0.5, 0.6) is 5.75 Å². The molecule has 2 N–H and O–H groups in total. The lowest BCUT2D eigenvalue weighted by Crippen LogP contribution is -2.47. The van der Waals surface area contributed by atoms with Gasteiger partial charge in [0, 0.05) is 55.3 Å². The van der Waals surface area contributed by atoms with Crippen molar-refractivity contribution in [2.24, 2.45) is 5.50 Å². The molecule has 2 heterocycles. The van der Waals surface area contributed by atoms with Gasteiger partial charge in [-0.1, -0.05) is 24.3 Å². The molecule has 3 aromatic rings. The lowest BCUT2D eigenvalue weighted by atomic mass is 10.2. The van der Waals surface area contributed by atoms with E-state index >= 15 is 0 Å². The van der Waals surface area contributed by atoms with Crippen molar-refractivity contribution < 1.29 is 19.0 Å². The maximum Gasteiger partial charge on any atom is 0.333 e. The SMILES string of the molecule is Cc1cn(C2CC(N(CCC#N)P(N)(=O)N(C(C)C)C(C)C)CO2)c(=O)n(Cc2cccc(OCc3ccccc3[N+](=O)[O-])c2)c1=O. The molecule has 0 radical (unpaired) electrons. The molecule has 1 saturated heterocycles. The maximum atomic E-state index is 14.2. The number of para-hydroxylation sites is 1. The van der Waals surface area contributed by atoms with E-state index in [0.717, 1.165) is 4.57 Å². The van der Waals surface area contributed by atoms with E-state index in [-0.39, 0.29) is 56.9 Å². The van der Waals surface area contributed by atoms with Gasteiger partial charge in [-0.3, -0.25) is 34.1 Å². The van der Waals surface area contributed by atoms with Crippen molar-refractivity contribution in [2.75, 3.05) is 13.2 Å². The largest absolute Gasteiger partial charge is 0.489 e. The quantitative estimate of drug-likeness (QED) is 0.145. The number of aromatic nitrogens is 2. The Bertz CT molecular complexity index is 1790. The van der Waals surface area contributed by atoms with Crippen LogP contribution in [0.3, 0.4) is 0 Å². The first kappa shape index (κ1) is 35.7. The molecule has 0 saturated carbocycles. The summed E-state index contributed by atoms with van der Waals surface area (Å²) >= 11 is 0. The summed E-state index contributed by atoms with van der Waals surface area (Å²) in [6.45, 7) is 9.49. The van der Waals surface area contributed by atoms with E-state index in [9.17, 15) is 29.5 Å². The van der Waals surface area contributed by atoms with Gasteiger partial charge in [-0.15, -0.1) is 0 Å². The monoisotopic (exact) mass is 667 g/mol. The number of hydrogen-bond donors (Lipinski definition) is 1. The molecule has 0 spiro atoms. The fourth-order valence-corrected chi connectivity index (χ4v) is 8.70. The Balaban J connectivity index is 1.58. The molecule has 1 fully saturated rings. The van der Waals surface area contributed by atoms with Gasteiger partial charge in [0.2, 0.25) is 0 Å². The highest BCUT2D eigenvalue weighted by Crippen LogP contribution is 2.51. The van der Waals surface area contributed by atoms with Crippen molar-refractivity contribution in [1.29, 1.82) is 5.26 Å². The standard InChI is InChI=1S/C32H42N7O7P/c1-22(2)38(23(3)4)47(34,44)37(15-9-14-33)27-17-30(46-21-27)35-18-24(5)31(40)36(32(35)41)19-25-10-8-12-28(16-25)45-20-26-11-6-7-13-29(26)39(42)43/h6-8,10-13,16,18,22-23,27,30H,9,15,17,19-21H2,1-5H3,(H2,34,44). The Morgan fingerprint density at radius 2 is 1.87 bits per heavy atom. The number of aryl methyl sites for hydroxylation is 1. The molecule has 0 amide bonds. The number of rotatable bonds is 14. The van der Waals surface area contributed by atoms with Crippen molar-refractivity contribution in [3.8, 4) is 11.8 Å². The highest BCUT2D eigenvalue weighted by molar-refractivity contribution is 7.56. The normalized spacial score (nSPS) is 17.7. The third-order valence-corrected chi connectivity index (χ3v) is 10.9. The van der Waals surface area contributed by atoms with Crippen LogP contribution in [-0.4, -0.2) is 54.7 Å². The first-order chi connectivity index (χ1) is 22.3. The number of nitrogens with two attached hydrogens (primary N) is 1. The Morgan fingerprint density at radius 3 is 2.53 bits per heavy atom. The van der Waals surface area contributed by atoms with E-state index in [1.165, 1.54) is 16.8 Å². The van der Waals surface area contributed by atoms with Gasteiger partial charge in [-0.25, -0.2) is 14.1 Å². The second-order valence-corrected chi connectivity index (χ2v) is 14.3. The van der Waals surface area contributed by atoms with E-state index in [1.807, 2.05) is 27.7 Å². The lowest BCUT2D eigenvalue weighted by Gasteiger charge is -2.42. The van der Waals surface area contributed by atoms with Crippen LogP contribution < -0.4 is 21.5 Å². The number of ether oxygens (including phenoxy) is 2. The first-order valence-electron chi connectivity index (χ1n) is 15.5. The van der Waals surface area contributed by atoms with Crippen molar-refractivity contribution >= 4 is 13.3 Å². The van der Waals surface area contributed by atoms with Gasteiger partial charge in [-0.05, 0) is 58.4 Å². The summed E-state index contributed by atoms with van der Waals surface area (Å²) in [4.78, 5) is 37.9. The molecule has 47 heavy (non-hydrogen) atoms. The number of nitro benzene ring substituents is 1. The Morgan fingerprint density at radius 1 is 1.17 bits per heavy atom. The molecule has 4 rings (SSSR count). The molecule has 1 aromatic heterocycles. The summed E-state index contributed by atoms with van der Waals surface area (Å²) in [6, 6.07) is 14.6. The van der Waals surface area contributed by atoms with Crippen LogP contribution in [0.1, 0.15) is 63.5 Å². The van der Waals surface area contributed by atoms with Crippen LogP contribution in [-0.2, 0) is 22.5 Å². The van der Waals surface area contributed by atoms with E-state index in [1.54, 1.807) is 58.7 Å². The van der Waals surface area contributed by atoms with E-state index in [4.69, 9.17) is 15.0 Å². The molecule has 14 nitrogen and oxygen atoms in total. The van der Waals surface area contributed by atoms with Gasteiger partial charge in [0.05, 0.1) is 29.7 Å². The van der Waals surface area contributed by atoms with Crippen LogP contribution >= 0.6 is 7.59 Å². The van der Waals surface area contributed by atoms with Gasteiger partial charge in [0.1, 0.15) is 18.6 Å². The number of nitrogens with zero attached hydrogens (tertiary/aromatic N) is 6. The van der Waals surface area contributed by atoms with Gasteiger partial charge in [0.15, 0.2) is 0 Å². The molecule has 15 heteroatoms. The minimum atomic E-state index is -3.60. The summed E-state index contributed by atoms with van der Waals surface area (Å²) in [5, 5.41) is 20.7. The van der Waals surface area contributed by atoms with Crippen LogP contribution in [0.25, 0.3) is 0 Å². The topological polar surface area (TPSA) is 179 Å². The minimum Gasteiger partial charge on any atom is -0.489 e. The predicted octanol–water partition coefficient (Wildman–Crippen LogP) is 4.54. The van der Waals surface area contributed by atoms with Gasteiger partial charge in [-0.2, -0.15) is 5.26 Å². The van der Waals surface area contributed by atoms with Crippen LogP contribution in [0.4, 0.5) is 5.69 Å². The zero-order valence-corrected chi connectivity index (χ0v) is 28.2. The highest BCUT2D eigenvalue weighted by atomic mass is 31.2. The molecule has 2 aromatic carbocycles. The summed E-state index contributed by atoms with van der Waals surface area (Å²) in [6.07, 6.45) is 1.09. The molecular weight excluding hydrogens is 625 g/mol. The Hall–Kier alpha value is -4.12. The molecule has 3 unspecified atom stereocenters. The number of benzene rings is 2. The fraction of sp³-hybridized carbons (Fsp3) is 0.469. The predicted molar refractivity (Wildman–Crippen MR) is 177 cm³/mol. The third-order valence-electron chi connectivity index (χ3n) is 8.09. The summed E-state index contributed by atoms with van der Waals surface area (Å²) < 4.78 is 32.0. The van der Waals surface area contributed by atoms with Gasteiger partial charge < -0.3 is 9.47 Å². The van der Waals surface area contributed by atoms with Crippen LogP contribution in [0.2, 0.25) is 0 Å². The van der Waals surface area contributed by atoms with E-state index < -0.39 is 36.0 Å². The van der Waals surface area contributed by atoms with Crippen molar-refractivity contribution in [1.82, 2.24) is 18.5 Å². The van der Waals surface area contributed by atoms with Gasteiger partial charge >= 0.3 is 5.69 Å². The van der Waals surface area contributed by atoms with Crippen LogP contribution in [0, 0.1) is 28.4 Å². The Kier molecular flexibility index (Phi) is 11.5. The number of nitriles is 1. The van der Waals surface area contributed by atoms with Gasteiger partial charge in [0.25, 0.3) is 18.8 Å². The maximum absolute atomic E-state index is 14.2. The van der Waals surface area contributed by atoms with Crippen molar-refractivity contribution in [3.05, 3.63) is 102 Å². The minimum absolute atomic E-state index is 0.0365. The molecule has 1 aliphatic rings. The van der Waals surface area contributed by atoms with Crippen molar-refractivity contribution in [3.63, 3.8) is 0 Å². The molecule has 252 valence electrons. The highest BCUT2D eigenvalue weighted by Gasteiger charge is 2.43. The Labute approximate surface area is 273 Å². The molecule has 0 aliphatic carbocycles. The second-order valence-electron chi connectivity index (χ2n) is 12.1. The molecule has 1 aliphatic heterocycles. The number of hydrogen-bond acceptors (Lipinski definition) is 8. The average molecular weight is 668 g/mol. The third kappa shape index (κ3) is 8.06. The smallest absolute Gasteiger partial charge is 0.333 e. The first-order valence-corrected chi connectivity index (χ1v) is 17.1. The number of nitro groups is 1. The van der Waals surface area contributed by atoms with E-state index in [0.29, 0.717) is 22.4 Å². The fourth-order valence-electron chi connectivity index (χ4n) is 6.10. The zero-order chi connectivity index (χ0) is 34.5. The summed E-state index contributed by atoms with van der Waals surface area (Å²) in [5.74, 6) is 0.421. The second kappa shape index (κ2) is 15.2. The molecule has 3 atom stereocenters. The summed E-state index contributed by atoms with van der Waals surface area (Å²) in [5.41, 5.74) is 6.84. The lowest BCUT2D eigenvalue weighted by molar-refractivity contribution is -0.385. The summed E-state index contributed by atoms with van der Waals surface area (Å²) in [7, 11) is -3.60. The zero-order valence-electron chi connectivity index (χ0n) is 27.3. The molecule has 0 bridgehead atoms. The molecular formula is C32H42N7O7P. The van der Waals surface area contributed by atoms with Crippen molar-refractivity contribution in [2.45, 2.75) is 85.0 Å². The van der Waals surface area contributed by atoms with Crippen LogP contribution in [0.15, 0.2) is 64.3 Å².